The molecule has 12 nitrogen and oxygen atoms in total. The molecule has 1 aromatic heterocycles. The highest BCUT2D eigenvalue weighted by Gasteiger charge is 2.33. The summed E-state index contributed by atoms with van der Waals surface area (Å²) in [6, 6.07) is 15.2. The van der Waals surface area contributed by atoms with Crippen LogP contribution in [-0.4, -0.2) is 64.5 Å². The molecule has 2 unspecified atom stereocenters. The van der Waals surface area contributed by atoms with Gasteiger partial charge in [0.25, 0.3) is 5.91 Å². The van der Waals surface area contributed by atoms with Gasteiger partial charge in [0.2, 0.25) is 12.4 Å². The van der Waals surface area contributed by atoms with Crippen LogP contribution in [0.4, 0.5) is 17.5 Å². The summed E-state index contributed by atoms with van der Waals surface area (Å²) in [5.74, 6) is 1.39. The Morgan fingerprint density at radius 1 is 1.05 bits per heavy atom. The molecule has 0 bridgehead atoms. The largest absolute Gasteiger partial charge is 0.381 e. The molecular formula is C44H55N9O3. The van der Waals surface area contributed by atoms with E-state index >= 15 is 0 Å². The molecule has 0 saturated carbocycles. The molecule has 0 radical (unpaired) electrons. The predicted molar refractivity (Wildman–Crippen MR) is 225 cm³/mol. The van der Waals surface area contributed by atoms with Crippen LogP contribution in [0.15, 0.2) is 100 Å². The van der Waals surface area contributed by atoms with E-state index in [1.54, 1.807) is 19.4 Å². The molecule has 3 aliphatic rings. The molecule has 4 N–H and O–H groups in total. The number of hydrogen-bond acceptors (Lipinski definition) is 10. The summed E-state index contributed by atoms with van der Waals surface area (Å²) in [5, 5.41) is 21.8. The van der Waals surface area contributed by atoms with E-state index in [2.05, 4.69) is 70.8 Å². The topological polar surface area (TPSA) is 147 Å². The van der Waals surface area contributed by atoms with E-state index in [1.807, 2.05) is 67.3 Å². The molecule has 1 aliphatic carbocycles. The molecule has 0 spiro atoms. The average molecular weight is 758 g/mol. The van der Waals surface area contributed by atoms with Gasteiger partial charge in [-0.3, -0.25) is 24.9 Å². The Labute approximate surface area is 330 Å². The van der Waals surface area contributed by atoms with Crippen molar-refractivity contribution < 1.29 is 14.7 Å². The fourth-order valence-electron chi connectivity index (χ4n) is 7.13. The monoisotopic (exact) mass is 757 g/mol. The van der Waals surface area contributed by atoms with Crippen molar-refractivity contribution in [3.63, 3.8) is 0 Å². The van der Waals surface area contributed by atoms with E-state index in [0.717, 1.165) is 70.0 Å². The van der Waals surface area contributed by atoms with Crippen LogP contribution in [0.2, 0.25) is 0 Å². The Hall–Kier alpha value is -5.46. The number of hydrogen-bond donors (Lipinski definition) is 4. The fourth-order valence-corrected chi connectivity index (χ4v) is 7.13. The number of nitrogens with one attached hydrogen (secondary N) is 3. The number of aromatic nitrogens is 2. The van der Waals surface area contributed by atoms with E-state index in [9.17, 15) is 14.7 Å². The average Bonchev–Trinajstić information content (AvgIpc) is 3.29. The Morgan fingerprint density at radius 2 is 1.84 bits per heavy atom. The number of aliphatic imine (C=N–C) groups is 2. The first-order valence-corrected chi connectivity index (χ1v) is 19.6. The predicted octanol–water partition coefficient (Wildman–Crippen LogP) is 6.80. The Kier molecular flexibility index (Phi) is 12.9. The number of aliphatic hydroxyl groups is 1. The highest BCUT2D eigenvalue weighted by atomic mass is 16.3. The van der Waals surface area contributed by atoms with E-state index < -0.39 is 12.3 Å². The normalized spacial score (nSPS) is 18.9. The van der Waals surface area contributed by atoms with Crippen molar-refractivity contribution >= 4 is 41.2 Å². The van der Waals surface area contributed by atoms with Crippen molar-refractivity contribution in [3.05, 3.63) is 112 Å². The second kappa shape index (κ2) is 18.0. The third-order valence-corrected chi connectivity index (χ3v) is 10.1. The number of rotatable bonds is 15. The van der Waals surface area contributed by atoms with Gasteiger partial charge >= 0.3 is 0 Å². The molecule has 3 atom stereocenters. The lowest BCUT2D eigenvalue weighted by molar-refractivity contribution is -0.120. The summed E-state index contributed by atoms with van der Waals surface area (Å²) in [6.45, 7) is 13.4. The molecule has 3 aromatic rings. The van der Waals surface area contributed by atoms with Crippen LogP contribution in [-0.2, 0) is 16.1 Å². The zero-order valence-electron chi connectivity index (χ0n) is 33.6. The van der Waals surface area contributed by atoms with Crippen molar-refractivity contribution in [2.45, 2.75) is 92.1 Å². The standard InChI is InChI=1S/C44H55N9O3/c1-27(2)19-38-43(56)53(25-28(3)4)39-20-32(15-18-36(39)40(50-38)31-11-9-8-10-12-31)42(55)48-34-16-13-29(5)37(21-34)46-22-33-23-47-44(51-41(33)52(7)26-54)49-35-17-14-30(6)45-24-35/h8-13,15,18,20-21,23-24,26-28,34,38,42,46,48,55H,14,16-17,19,22,25H2,1-7H3,(H,47,49,51)/t34?,38-,42?/m0/s1. The van der Waals surface area contributed by atoms with E-state index in [0.29, 0.717) is 43.3 Å². The van der Waals surface area contributed by atoms with Crippen molar-refractivity contribution in [2.75, 3.05) is 28.7 Å². The van der Waals surface area contributed by atoms with Crippen LogP contribution in [0, 0.1) is 11.8 Å². The van der Waals surface area contributed by atoms with Gasteiger partial charge < -0.3 is 25.5 Å². The number of benzodiazepines with no additional fused rings is 1. The van der Waals surface area contributed by atoms with Crippen LogP contribution < -0.4 is 25.8 Å². The van der Waals surface area contributed by atoms with E-state index in [1.165, 1.54) is 4.90 Å². The highest BCUT2D eigenvalue weighted by molar-refractivity contribution is 6.20. The number of allylic oxidation sites excluding steroid dienone is 2. The Morgan fingerprint density at radius 3 is 2.54 bits per heavy atom. The van der Waals surface area contributed by atoms with Gasteiger partial charge in [-0.1, -0.05) is 76.2 Å². The summed E-state index contributed by atoms with van der Waals surface area (Å²) in [5.41, 5.74) is 8.75. The molecule has 0 saturated heterocycles. The first kappa shape index (κ1) is 40.2. The number of aliphatic hydroxyl groups excluding tert-OH is 1. The van der Waals surface area contributed by atoms with Crippen LogP contribution >= 0.6 is 0 Å². The van der Waals surface area contributed by atoms with Crippen LogP contribution in [0.3, 0.4) is 0 Å². The molecule has 56 heavy (non-hydrogen) atoms. The summed E-state index contributed by atoms with van der Waals surface area (Å²) < 4.78 is 0. The van der Waals surface area contributed by atoms with Crippen molar-refractivity contribution in [1.82, 2.24) is 20.6 Å². The van der Waals surface area contributed by atoms with Gasteiger partial charge in [0, 0.05) is 72.4 Å². The zero-order valence-corrected chi connectivity index (χ0v) is 33.6. The minimum Gasteiger partial charge on any atom is -0.381 e. The summed E-state index contributed by atoms with van der Waals surface area (Å²) >= 11 is 0. The van der Waals surface area contributed by atoms with E-state index in [-0.39, 0.29) is 23.8 Å². The number of nitrogens with zero attached hydrogens (tertiary/aromatic N) is 6. The first-order valence-electron chi connectivity index (χ1n) is 19.6. The van der Waals surface area contributed by atoms with Gasteiger partial charge in [-0.2, -0.15) is 4.98 Å². The van der Waals surface area contributed by atoms with Crippen LogP contribution in [0.1, 0.15) is 95.7 Å². The minimum absolute atomic E-state index is 0.0177. The second-order valence-corrected chi connectivity index (χ2v) is 15.7. The lowest BCUT2D eigenvalue weighted by atomic mass is 9.97. The number of carbonyl (C=O) groups is 2. The summed E-state index contributed by atoms with van der Waals surface area (Å²) in [4.78, 5) is 48.1. The molecule has 0 fully saturated rings. The quantitative estimate of drug-likeness (QED) is 0.0978. The van der Waals surface area contributed by atoms with Crippen molar-refractivity contribution in [3.8, 4) is 0 Å². The number of amides is 2. The Bertz CT molecular complexity index is 2070. The SMILES string of the molecule is CC1=CCC(NC(O)c2ccc3c(c2)N(CC(C)C)C(=O)[C@H](CC(C)C)N=C3c2ccccc2)C=C1NCc1cnc(NC2=CN=C(C)CC2)nc1N(C)C=O. The molecular weight excluding hydrogens is 703 g/mol. The van der Waals surface area contributed by atoms with Gasteiger partial charge in [-0.25, -0.2) is 4.98 Å². The van der Waals surface area contributed by atoms with Crippen molar-refractivity contribution in [1.29, 1.82) is 0 Å². The third kappa shape index (κ3) is 9.66. The maximum absolute atomic E-state index is 14.3. The number of fused-ring (bicyclic) bond motifs is 1. The van der Waals surface area contributed by atoms with Gasteiger partial charge in [-0.05, 0) is 74.6 Å². The molecule has 12 heteroatoms. The highest BCUT2D eigenvalue weighted by Crippen LogP contribution is 2.34. The zero-order chi connectivity index (χ0) is 39.9. The minimum atomic E-state index is -1.01. The van der Waals surface area contributed by atoms with Crippen LogP contribution in [0.5, 0.6) is 0 Å². The summed E-state index contributed by atoms with van der Waals surface area (Å²) in [6.07, 6.45) is 10.5. The van der Waals surface area contributed by atoms with Gasteiger partial charge in [0.15, 0.2) is 0 Å². The molecule has 2 aliphatic heterocycles. The second-order valence-electron chi connectivity index (χ2n) is 15.7. The lowest BCUT2D eigenvalue weighted by Gasteiger charge is -2.29. The lowest BCUT2D eigenvalue weighted by Crippen LogP contribution is -2.41. The Balaban J connectivity index is 1.22. The fraction of sp³-hybridized carbons (Fsp3) is 0.409. The smallest absolute Gasteiger partial charge is 0.251 e. The molecule has 6 rings (SSSR count). The molecule has 3 heterocycles. The number of carbonyl (C=O) groups excluding carboxylic acids is 2. The summed E-state index contributed by atoms with van der Waals surface area (Å²) in [7, 11) is 1.67. The first-order chi connectivity index (χ1) is 26.9. The third-order valence-electron chi connectivity index (χ3n) is 10.1. The van der Waals surface area contributed by atoms with Gasteiger partial charge in [0.1, 0.15) is 18.1 Å². The molecule has 2 amide bonds. The molecule has 2 aromatic carbocycles. The van der Waals surface area contributed by atoms with Gasteiger partial charge in [0.05, 0.1) is 11.4 Å². The van der Waals surface area contributed by atoms with Crippen LogP contribution in [0.25, 0.3) is 0 Å². The maximum atomic E-state index is 14.3. The number of benzene rings is 2. The molecule has 294 valence electrons. The van der Waals surface area contributed by atoms with Gasteiger partial charge in [-0.15, -0.1) is 0 Å². The maximum Gasteiger partial charge on any atom is 0.251 e. The van der Waals surface area contributed by atoms with Crippen molar-refractivity contribution in [2.24, 2.45) is 21.8 Å². The number of anilines is 3. The van der Waals surface area contributed by atoms with E-state index in [4.69, 9.17) is 4.99 Å².